The molecule has 5 aromatic rings. The van der Waals surface area contributed by atoms with Gasteiger partial charge in [-0.3, -0.25) is 4.79 Å². The average Bonchev–Trinajstić information content (AvgIpc) is 3.33. The van der Waals surface area contributed by atoms with Crippen molar-refractivity contribution in [3.63, 3.8) is 0 Å². The van der Waals surface area contributed by atoms with Crippen LogP contribution in [0.1, 0.15) is 39.9 Å². The SMILES string of the molecule is COc1ccc(C(C(CC(=O)c2ccccc2)c2ccccc2)n2nnc3ccccc32)cc1. The number of hydrogen-bond donors (Lipinski definition) is 0. The van der Waals surface area contributed by atoms with Gasteiger partial charge in [-0.05, 0) is 35.4 Å². The predicted molar refractivity (Wildman–Crippen MR) is 133 cm³/mol. The normalized spacial score (nSPS) is 12.9. The van der Waals surface area contributed by atoms with E-state index in [-0.39, 0.29) is 17.7 Å². The highest BCUT2D eigenvalue weighted by Gasteiger charge is 2.31. The second-order valence-electron chi connectivity index (χ2n) is 8.25. The Labute approximate surface area is 198 Å². The molecule has 34 heavy (non-hydrogen) atoms. The van der Waals surface area contributed by atoms with Gasteiger partial charge in [-0.25, -0.2) is 4.68 Å². The van der Waals surface area contributed by atoms with E-state index in [9.17, 15) is 4.79 Å². The fraction of sp³-hybridized carbons (Fsp3) is 0.138. The van der Waals surface area contributed by atoms with Crippen molar-refractivity contribution in [2.75, 3.05) is 7.11 Å². The maximum Gasteiger partial charge on any atom is 0.163 e. The number of para-hydroxylation sites is 1. The van der Waals surface area contributed by atoms with Crippen LogP contribution in [-0.2, 0) is 0 Å². The molecule has 2 unspecified atom stereocenters. The van der Waals surface area contributed by atoms with Gasteiger partial charge in [-0.15, -0.1) is 5.10 Å². The lowest BCUT2D eigenvalue weighted by atomic mass is 9.82. The third kappa shape index (κ3) is 4.33. The summed E-state index contributed by atoms with van der Waals surface area (Å²) in [5.74, 6) is 0.715. The second-order valence-corrected chi connectivity index (χ2v) is 8.25. The molecule has 5 heteroatoms. The van der Waals surface area contributed by atoms with Crippen LogP contribution in [0.15, 0.2) is 109 Å². The van der Waals surface area contributed by atoms with Crippen LogP contribution in [0.3, 0.4) is 0 Å². The zero-order valence-corrected chi connectivity index (χ0v) is 18.9. The van der Waals surface area contributed by atoms with E-state index in [0.717, 1.165) is 27.9 Å². The average molecular weight is 448 g/mol. The Morgan fingerprint density at radius 1 is 0.794 bits per heavy atom. The molecule has 4 aromatic carbocycles. The summed E-state index contributed by atoms with van der Waals surface area (Å²) in [7, 11) is 1.66. The topological polar surface area (TPSA) is 57.0 Å². The molecule has 1 heterocycles. The Balaban J connectivity index is 1.67. The van der Waals surface area contributed by atoms with E-state index in [2.05, 4.69) is 22.4 Å². The summed E-state index contributed by atoms with van der Waals surface area (Å²) in [5, 5.41) is 8.98. The quantitative estimate of drug-likeness (QED) is 0.270. The lowest BCUT2D eigenvalue weighted by Gasteiger charge is -2.28. The maximum atomic E-state index is 13.4. The molecule has 2 atom stereocenters. The van der Waals surface area contributed by atoms with Crippen LogP contribution in [0.4, 0.5) is 0 Å². The zero-order valence-electron chi connectivity index (χ0n) is 18.9. The molecular formula is C29H25N3O2. The smallest absolute Gasteiger partial charge is 0.163 e. The number of rotatable bonds is 8. The van der Waals surface area contributed by atoms with Crippen LogP contribution in [0.25, 0.3) is 11.0 Å². The number of benzene rings is 4. The third-order valence-electron chi connectivity index (χ3n) is 6.21. The minimum atomic E-state index is -0.242. The van der Waals surface area contributed by atoms with Gasteiger partial charge in [0.05, 0.1) is 18.7 Å². The number of ether oxygens (including phenoxy) is 1. The molecule has 168 valence electrons. The van der Waals surface area contributed by atoms with E-state index in [1.54, 1.807) is 7.11 Å². The summed E-state index contributed by atoms with van der Waals surface area (Å²) in [6.45, 7) is 0. The standard InChI is InChI=1S/C29H25N3O2/c1-34-24-18-16-23(17-19-24)29(32-27-15-9-8-14-26(27)30-31-32)25(21-10-4-2-5-11-21)20-28(33)22-12-6-3-7-13-22/h2-19,25,29H,20H2,1H3. The molecule has 0 saturated heterocycles. The highest BCUT2D eigenvalue weighted by molar-refractivity contribution is 5.96. The number of nitrogens with zero attached hydrogens (tertiary/aromatic N) is 3. The van der Waals surface area contributed by atoms with Gasteiger partial charge in [0, 0.05) is 17.9 Å². The first kappa shape index (κ1) is 21.6. The first-order valence-electron chi connectivity index (χ1n) is 11.3. The van der Waals surface area contributed by atoms with E-state index >= 15 is 0 Å². The summed E-state index contributed by atoms with van der Waals surface area (Å²) in [6, 6.07) is 35.3. The molecule has 0 radical (unpaired) electrons. The lowest BCUT2D eigenvalue weighted by molar-refractivity contribution is 0.0966. The van der Waals surface area contributed by atoms with Gasteiger partial charge in [0.1, 0.15) is 11.3 Å². The van der Waals surface area contributed by atoms with Gasteiger partial charge in [0.2, 0.25) is 0 Å². The first-order valence-corrected chi connectivity index (χ1v) is 11.3. The van der Waals surface area contributed by atoms with E-state index in [0.29, 0.717) is 12.0 Å². The number of carbonyl (C=O) groups is 1. The molecule has 0 aliphatic heterocycles. The molecule has 0 spiro atoms. The molecular weight excluding hydrogens is 422 g/mol. The molecule has 0 aliphatic carbocycles. The van der Waals surface area contributed by atoms with Crippen LogP contribution in [0, 0.1) is 0 Å². The Morgan fingerprint density at radius 3 is 2.15 bits per heavy atom. The van der Waals surface area contributed by atoms with Crippen molar-refractivity contribution in [1.29, 1.82) is 0 Å². The Hall–Kier alpha value is -4.25. The summed E-state index contributed by atoms with van der Waals surface area (Å²) in [6.07, 6.45) is 0.332. The van der Waals surface area contributed by atoms with Crippen molar-refractivity contribution in [2.24, 2.45) is 0 Å². The number of hydrogen-bond acceptors (Lipinski definition) is 4. The summed E-state index contributed by atoms with van der Waals surface area (Å²) >= 11 is 0. The molecule has 0 aliphatic rings. The number of fused-ring (bicyclic) bond motifs is 1. The number of methoxy groups -OCH3 is 1. The van der Waals surface area contributed by atoms with Gasteiger partial charge in [0.15, 0.2) is 5.78 Å². The van der Waals surface area contributed by atoms with Crippen LogP contribution in [0.2, 0.25) is 0 Å². The molecule has 0 bridgehead atoms. The van der Waals surface area contributed by atoms with Gasteiger partial charge in [-0.2, -0.15) is 0 Å². The Bertz CT molecular complexity index is 1380. The maximum absolute atomic E-state index is 13.4. The second kappa shape index (κ2) is 9.71. The first-order chi connectivity index (χ1) is 16.7. The number of aromatic nitrogens is 3. The zero-order chi connectivity index (χ0) is 23.3. The third-order valence-corrected chi connectivity index (χ3v) is 6.21. The van der Waals surface area contributed by atoms with Crippen molar-refractivity contribution in [3.8, 4) is 5.75 Å². The van der Waals surface area contributed by atoms with Crippen LogP contribution in [0.5, 0.6) is 5.75 Å². The summed E-state index contributed by atoms with van der Waals surface area (Å²) in [4.78, 5) is 13.4. The van der Waals surface area contributed by atoms with E-state index in [4.69, 9.17) is 4.74 Å². The number of Topliss-reactive ketones (excluding diaryl/α,β-unsaturated/α-hetero) is 1. The molecule has 0 N–H and O–H groups in total. The van der Waals surface area contributed by atoms with Crippen molar-refractivity contribution in [2.45, 2.75) is 18.4 Å². The van der Waals surface area contributed by atoms with Crippen LogP contribution < -0.4 is 4.74 Å². The summed E-state index contributed by atoms with van der Waals surface area (Å²) < 4.78 is 7.34. The fourth-order valence-electron chi connectivity index (χ4n) is 4.49. The molecule has 0 saturated carbocycles. The van der Waals surface area contributed by atoms with E-state index in [1.807, 2.05) is 102 Å². The Morgan fingerprint density at radius 2 is 1.44 bits per heavy atom. The van der Waals surface area contributed by atoms with Gasteiger partial charge < -0.3 is 4.74 Å². The number of carbonyl (C=O) groups excluding carboxylic acids is 1. The molecule has 0 amide bonds. The van der Waals surface area contributed by atoms with Gasteiger partial charge in [-0.1, -0.05) is 90.1 Å². The minimum Gasteiger partial charge on any atom is -0.497 e. The van der Waals surface area contributed by atoms with Crippen molar-refractivity contribution in [3.05, 3.63) is 126 Å². The monoisotopic (exact) mass is 447 g/mol. The Kier molecular flexibility index (Phi) is 6.17. The minimum absolute atomic E-state index is 0.0948. The molecule has 5 rings (SSSR count). The highest BCUT2D eigenvalue weighted by atomic mass is 16.5. The summed E-state index contributed by atoms with van der Waals surface area (Å²) in [5.41, 5.74) is 4.57. The van der Waals surface area contributed by atoms with Crippen LogP contribution in [-0.4, -0.2) is 27.9 Å². The largest absolute Gasteiger partial charge is 0.497 e. The van der Waals surface area contributed by atoms with Gasteiger partial charge >= 0.3 is 0 Å². The van der Waals surface area contributed by atoms with Crippen molar-refractivity contribution >= 4 is 16.8 Å². The highest BCUT2D eigenvalue weighted by Crippen LogP contribution is 2.39. The number of ketones is 1. The fourth-order valence-corrected chi connectivity index (χ4v) is 4.49. The van der Waals surface area contributed by atoms with E-state index < -0.39 is 0 Å². The molecule has 1 aromatic heterocycles. The lowest BCUT2D eigenvalue weighted by Crippen LogP contribution is -2.23. The molecule has 5 nitrogen and oxygen atoms in total. The predicted octanol–water partition coefficient (Wildman–Crippen LogP) is 6.09. The molecule has 0 fully saturated rings. The van der Waals surface area contributed by atoms with Gasteiger partial charge in [0.25, 0.3) is 0 Å². The van der Waals surface area contributed by atoms with Crippen LogP contribution >= 0.6 is 0 Å². The van der Waals surface area contributed by atoms with E-state index in [1.165, 1.54) is 0 Å². The van der Waals surface area contributed by atoms with Crippen molar-refractivity contribution in [1.82, 2.24) is 15.0 Å². The van der Waals surface area contributed by atoms with Crippen molar-refractivity contribution < 1.29 is 9.53 Å².